The highest BCUT2D eigenvalue weighted by Gasteiger charge is 2.43. The standard InChI is InChI=1S/C13H17BrN2O/c14-10-4-1-3-9(7-10)11-8-12(11)13(17)16-6-2-5-15/h1,3-4,7,11-12H,2,5-6,8,15H2,(H,16,17). The second-order valence-electron chi connectivity index (χ2n) is 4.44. The van der Waals surface area contributed by atoms with Crippen LogP contribution < -0.4 is 11.1 Å². The van der Waals surface area contributed by atoms with Crippen molar-refractivity contribution in [2.75, 3.05) is 13.1 Å². The SMILES string of the molecule is NCCCNC(=O)C1CC1c1cccc(Br)c1. The first-order valence-electron chi connectivity index (χ1n) is 5.95. The Hall–Kier alpha value is -0.870. The molecule has 1 amide bonds. The Morgan fingerprint density at radius 1 is 1.53 bits per heavy atom. The van der Waals surface area contributed by atoms with E-state index >= 15 is 0 Å². The zero-order valence-corrected chi connectivity index (χ0v) is 11.2. The summed E-state index contributed by atoms with van der Waals surface area (Å²) in [6.07, 6.45) is 1.81. The summed E-state index contributed by atoms with van der Waals surface area (Å²) in [4.78, 5) is 11.8. The molecule has 2 unspecified atom stereocenters. The van der Waals surface area contributed by atoms with Crippen LogP contribution in [0, 0.1) is 5.92 Å². The Morgan fingerprint density at radius 3 is 3.06 bits per heavy atom. The van der Waals surface area contributed by atoms with Gasteiger partial charge in [-0.3, -0.25) is 4.79 Å². The van der Waals surface area contributed by atoms with Crippen molar-refractivity contribution in [2.24, 2.45) is 11.7 Å². The number of nitrogens with one attached hydrogen (secondary N) is 1. The number of hydrogen-bond acceptors (Lipinski definition) is 2. The van der Waals surface area contributed by atoms with E-state index in [1.807, 2.05) is 12.1 Å². The summed E-state index contributed by atoms with van der Waals surface area (Å²) in [7, 11) is 0. The van der Waals surface area contributed by atoms with Gasteiger partial charge in [-0.2, -0.15) is 0 Å². The van der Waals surface area contributed by atoms with E-state index in [9.17, 15) is 4.79 Å². The number of rotatable bonds is 5. The van der Waals surface area contributed by atoms with Crippen molar-refractivity contribution in [1.29, 1.82) is 0 Å². The maximum Gasteiger partial charge on any atom is 0.223 e. The van der Waals surface area contributed by atoms with Gasteiger partial charge in [0.2, 0.25) is 5.91 Å². The topological polar surface area (TPSA) is 55.1 Å². The molecule has 0 heterocycles. The quantitative estimate of drug-likeness (QED) is 0.817. The van der Waals surface area contributed by atoms with E-state index in [-0.39, 0.29) is 11.8 Å². The first-order valence-corrected chi connectivity index (χ1v) is 6.75. The molecule has 2 atom stereocenters. The molecule has 0 aliphatic heterocycles. The minimum Gasteiger partial charge on any atom is -0.356 e. The Morgan fingerprint density at radius 2 is 2.35 bits per heavy atom. The second-order valence-corrected chi connectivity index (χ2v) is 5.35. The van der Waals surface area contributed by atoms with Gasteiger partial charge in [0.1, 0.15) is 0 Å². The number of carbonyl (C=O) groups is 1. The summed E-state index contributed by atoms with van der Waals surface area (Å²) in [5.41, 5.74) is 6.63. The average molecular weight is 297 g/mol. The molecule has 0 saturated heterocycles. The van der Waals surface area contributed by atoms with Gasteiger partial charge in [0.25, 0.3) is 0 Å². The van der Waals surface area contributed by atoms with Gasteiger partial charge in [0, 0.05) is 16.9 Å². The van der Waals surface area contributed by atoms with Crippen LogP contribution in [0.5, 0.6) is 0 Å². The van der Waals surface area contributed by atoms with Gasteiger partial charge < -0.3 is 11.1 Å². The molecule has 92 valence electrons. The van der Waals surface area contributed by atoms with E-state index in [1.54, 1.807) is 0 Å². The van der Waals surface area contributed by atoms with Crippen LogP contribution >= 0.6 is 15.9 Å². The van der Waals surface area contributed by atoms with E-state index in [0.717, 1.165) is 17.3 Å². The molecule has 1 saturated carbocycles. The Kier molecular flexibility index (Phi) is 4.18. The highest BCUT2D eigenvalue weighted by Crippen LogP contribution is 2.47. The van der Waals surface area contributed by atoms with Crippen LogP contribution in [0.1, 0.15) is 24.3 Å². The third-order valence-electron chi connectivity index (χ3n) is 3.08. The lowest BCUT2D eigenvalue weighted by Crippen LogP contribution is -2.27. The minimum atomic E-state index is 0.155. The van der Waals surface area contributed by atoms with Crippen molar-refractivity contribution in [2.45, 2.75) is 18.8 Å². The van der Waals surface area contributed by atoms with Gasteiger partial charge in [0.05, 0.1) is 0 Å². The predicted octanol–water partition coefficient (Wildman–Crippen LogP) is 2.02. The fraction of sp³-hybridized carbons (Fsp3) is 0.462. The Labute approximate surface area is 110 Å². The zero-order chi connectivity index (χ0) is 12.3. The summed E-state index contributed by atoms with van der Waals surface area (Å²) in [5, 5.41) is 2.93. The van der Waals surface area contributed by atoms with Crippen LogP contribution in [0.15, 0.2) is 28.7 Å². The summed E-state index contributed by atoms with van der Waals surface area (Å²) in [6, 6.07) is 8.20. The first kappa shape index (κ1) is 12.6. The molecule has 0 radical (unpaired) electrons. The molecule has 1 aliphatic rings. The maximum absolute atomic E-state index is 11.8. The van der Waals surface area contributed by atoms with Gasteiger partial charge in [-0.25, -0.2) is 0 Å². The van der Waals surface area contributed by atoms with Crippen LogP contribution in [0.4, 0.5) is 0 Å². The van der Waals surface area contributed by atoms with E-state index < -0.39 is 0 Å². The predicted molar refractivity (Wildman–Crippen MR) is 71.7 cm³/mol. The van der Waals surface area contributed by atoms with E-state index in [0.29, 0.717) is 19.0 Å². The molecule has 0 spiro atoms. The zero-order valence-electron chi connectivity index (χ0n) is 9.66. The molecule has 1 fully saturated rings. The lowest BCUT2D eigenvalue weighted by molar-refractivity contribution is -0.122. The maximum atomic E-state index is 11.8. The van der Waals surface area contributed by atoms with Crippen molar-refractivity contribution in [3.63, 3.8) is 0 Å². The van der Waals surface area contributed by atoms with Crippen LogP contribution in [0.2, 0.25) is 0 Å². The fourth-order valence-electron chi connectivity index (χ4n) is 2.04. The molecule has 3 nitrogen and oxygen atoms in total. The van der Waals surface area contributed by atoms with E-state index in [4.69, 9.17) is 5.73 Å². The van der Waals surface area contributed by atoms with E-state index in [2.05, 4.69) is 33.4 Å². The van der Waals surface area contributed by atoms with E-state index in [1.165, 1.54) is 5.56 Å². The van der Waals surface area contributed by atoms with Crippen molar-refractivity contribution >= 4 is 21.8 Å². The molecule has 3 N–H and O–H groups in total. The number of halogens is 1. The molecule has 0 aromatic heterocycles. The van der Waals surface area contributed by atoms with Gasteiger partial charge in [-0.15, -0.1) is 0 Å². The van der Waals surface area contributed by atoms with Crippen molar-refractivity contribution in [3.05, 3.63) is 34.3 Å². The molecule has 2 rings (SSSR count). The summed E-state index contributed by atoms with van der Waals surface area (Å²) >= 11 is 3.45. The average Bonchev–Trinajstić information content (AvgIpc) is 3.09. The molecule has 1 aliphatic carbocycles. The minimum absolute atomic E-state index is 0.155. The molecule has 0 bridgehead atoms. The monoisotopic (exact) mass is 296 g/mol. The van der Waals surface area contributed by atoms with Gasteiger partial charge >= 0.3 is 0 Å². The number of nitrogens with two attached hydrogens (primary N) is 1. The molecular weight excluding hydrogens is 280 g/mol. The normalized spacial score (nSPS) is 22.2. The van der Waals surface area contributed by atoms with Crippen molar-refractivity contribution < 1.29 is 4.79 Å². The Bertz CT molecular complexity index is 408. The number of hydrogen-bond donors (Lipinski definition) is 2. The lowest BCUT2D eigenvalue weighted by atomic mass is 10.1. The van der Waals surface area contributed by atoms with Crippen LogP contribution in [-0.2, 0) is 4.79 Å². The number of benzene rings is 1. The third-order valence-corrected chi connectivity index (χ3v) is 3.58. The first-order chi connectivity index (χ1) is 8.22. The number of carbonyl (C=O) groups excluding carboxylic acids is 1. The van der Waals surface area contributed by atoms with Crippen molar-refractivity contribution in [1.82, 2.24) is 5.32 Å². The lowest BCUT2D eigenvalue weighted by Gasteiger charge is -2.04. The van der Waals surface area contributed by atoms with Crippen LogP contribution in [0.3, 0.4) is 0 Å². The van der Waals surface area contributed by atoms with Crippen molar-refractivity contribution in [3.8, 4) is 0 Å². The highest BCUT2D eigenvalue weighted by atomic mass is 79.9. The largest absolute Gasteiger partial charge is 0.356 e. The fourth-order valence-corrected chi connectivity index (χ4v) is 2.45. The molecule has 17 heavy (non-hydrogen) atoms. The molecule has 1 aromatic rings. The van der Waals surface area contributed by atoms with Gasteiger partial charge in [-0.05, 0) is 43.0 Å². The summed E-state index contributed by atoms with van der Waals surface area (Å²) in [6.45, 7) is 1.32. The second kappa shape index (κ2) is 5.65. The van der Waals surface area contributed by atoms with Gasteiger partial charge in [-0.1, -0.05) is 28.1 Å². The summed E-state index contributed by atoms with van der Waals surface area (Å²) < 4.78 is 1.07. The van der Waals surface area contributed by atoms with Gasteiger partial charge in [0.15, 0.2) is 0 Å². The highest BCUT2D eigenvalue weighted by molar-refractivity contribution is 9.10. The summed E-state index contributed by atoms with van der Waals surface area (Å²) in [5.74, 6) is 0.718. The molecule has 1 aromatic carbocycles. The van der Waals surface area contributed by atoms with Crippen LogP contribution in [0.25, 0.3) is 0 Å². The number of amides is 1. The Balaban J connectivity index is 1.85. The smallest absolute Gasteiger partial charge is 0.223 e. The molecule has 4 heteroatoms. The molecular formula is C13H17BrN2O. The third kappa shape index (κ3) is 3.30. The van der Waals surface area contributed by atoms with Crippen LogP contribution in [-0.4, -0.2) is 19.0 Å².